The molecule has 1 heterocycles. The first-order valence-corrected chi connectivity index (χ1v) is 7.17. The number of rotatable bonds is 2. The number of hydrogen-bond acceptors (Lipinski definition) is 3. The van der Waals surface area contributed by atoms with E-state index < -0.39 is 12.1 Å². The molecule has 0 atom stereocenters. The topological polar surface area (TPSA) is 55.1 Å². The molecule has 2 aromatic carbocycles. The van der Waals surface area contributed by atoms with Gasteiger partial charge in [-0.1, -0.05) is 17.7 Å². The molecule has 0 unspecified atom stereocenters. The van der Waals surface area contributed by atoms with Crippen LogP contribution in [0.3, 0.4) is 0 Å². The lowest BCUT2D eigenvalue weighted by molar-refractivity contribution is -0.167. The lowest BCUT2D eigenvalue weighted by Crippen LogP contribution is -2.29. The second-order valence-electron chi connectivity index (χ2n) is 5.12. The van der Waals surface area contributed by atoms with Crippen molar-refractivity contribution in [2.75, 3.05) is 5.32 Å². The van der Waals surface area contributed by atoms with Crippen LogP contribution in [0.5, 0.6) is 0 Å². The van der Waals surface area contributed by atoms with Gasteiger partial charge >= 0.3 is 12.1 Å². The van der Waals surface area contributed by atoms with E-state index in [2.05, 4.69) is 4.98 Å². The summed E-state index contributed by atoms with van der Waals surface area (Å²) in [7, 11) is 0. The molecule has 1 N–H and O–H groups in total. The lowest BCUT2D eigenvalue weighted by Gasteiger charge is -2.07. The van der Waals surface area contributed by atoms with Gasteiger partial charge in [-0.05, 0) is 42.8 Å². The third-order valence-corrected chi connectivity index (χ3v) is 3.73. The Bertz CT molecular complexity index is 935. The summed E-state index contributed by atoms with van der Waals surface area (Å²) < 4.78 is 42.4. The van der Waals surface area contributed by atoms with E-state index in [1.54, 1.807) is 17.4 Å². The Labute approximate surface area is 139 Å². The first kappa shape index (κ1) is 16.3. The van der Waals surface area contributed by atoms with Gasteiger partial charge in [-0.2, -0.15) is 13.2 Å². The number of aryl methyl sites for hydroxylation is 1. The molecule has 0 fully saturated rings. The SMILES string of the molecule is Cc1ccc(-c2nc3cc(NC(=O)C(F)(F)F)ccc3o2)cc1Cl. The van der Waals surface area contributed by atoms with Crippen LogP contribution in [0.15, 0.2) is 40.8 Å². The van der Waals surface area contributed by atoms with Gasteiger partial charge < -0.3 is 9.73 Å². The Hall–Kier alpha value is -2.54. The van der Waals surface area contributed by atoms with E-state index in [0.29, 0.717) is 21.7 Å². The van der Waals surface area contributed by atoms with Crippen LogP contribution in [0, 0.1) is 6.92 Å². The van der Waals surface area contributed by atoms with Gasteiger partial charge in [0.2, 0.25) is 5.89 Å². The van der Waals surface area contributed by atoms with Crippen molar-refractivity contribution >= 4 is 34.3 Å². The fourth-order valence-electron chi connectivity index (χ4n) is 2.06. The van der Waals surface area contributed by atoms with Gasteiger partial charge in [-0.15, -0.1) is 0 Å². The van der Waals surface area contributed by atoms with Gasteiger partial charge in [-0.3, -0.25) is 4.79 Å². The summed E-state index contributed by atoms with van der Waals surface area (Å²) in [5.74, 6) is -1.76. The predicted molar refractivity (Wildman–Crippen MR) is 83.9 cm³/mol. The number of oxazole rings is 1. The molecule has 24 heavy (non-hydrogen) atoms. The van der Waals surface area contributed by atoms with Gasteiger partial charge in [0, 0.05) is 16.3 Å². The van der Waals surface area contributed by atoms with E-state index in [1.165, 1.54) is 18.2 Å². The van der Waals surface area contributed by atoms with Crippen LogP contribution in [-0.4, -0.2) is 17.1 Å². The summed E-state index contributed by atoms with van der Waals surface area (Å²) in [4.78, 5) is 15.2. The molecule has 0 bridgehead atoms. The summed E-state index contributed by atoms with van der Waals surface area (Å²) in [6.07, 6.45) is -4.96. The molecular weight excluding hydrogens is 345 g/mol. The average Bonchev–Trinajstić information content (AvgIpc) is 2.92. The second-order valence-corrected chi connectivity index (χ2v) is 5.52. The molecule has 4 nitrogen and oxygen atoms in total. The number of halogens is 4. The smallest absolute Gasteiger partial charge is 0.436 e. The van der Waals surface area contributed by atoms with Crippen LogP contribution in [0.1, 0.15) is 5.56 Å². The molecule has 0 spiro atoms. The first-order valence-electron chi connectivity index (χ1n) is 6.79. The summed E-state index contributed by atoms with van der Waals surface area (Å²) in [5, 5.41) is 2.32. The number of alkyl halides is 3. The molecule has 124 valence electrons. The minimum atomic E-state index is -4.96. The fourth-order valence-corrected chi connectivity index (χ4v) is 2.24. The van der Waals surface area contributed by atoms with Crippen LogP contribution in [0.25, 0.3) is 22.6 Å². The Morgan fingerprint density at radius 3 is 2.62 bits per heavy atom. The molecule has 0 radical (unpaired) electrons. The third kappa shape index (κ3) is 3.21. The zero-order valence-electron chi connectivity index (χ0n) is 12.2. The highest BCUT2D eigenvalue weighted by atomic mass is 35.5. The van der Waals surface area contributed by atoms with Gasteiger partial charge in [-0.25, -0.2) is 4.98 Å². The Balaban J connectivity index is 1.94. The predicted octanol–water partition coefficient (Wildman–Crippen LogP) is 4.96. The molecule has 3 rings (SSSR count). The minimum Gasteiger partial charge on any atom is -0.436 e. The van der Waals surface area contributed by atoms with Gasteiger partial charge in [0.1, 0.15) is 5.52 Å². The molecule has 1 aromatic heterocycles. The van der Waals surface area contributed by atoms with Crippen LogP contribution in [0.4, 0.5) is 18.9 Å². The van der Waals surface area contributed by atoms with Crippen LogP contribution >= 0.6 is 11.6 Å². The number of fused-ring (bicyclic) bond motifs is 1. The van der Waals surface area contributed by atoms with Crippen LogP contribution in [-0.2, 0) is 4.79 Å². The van der Waals surface area contributed by atoms with E-state index in [1.807, 2.05) is 13.0 Å². The fraction of sp³-hybridized carbons (Fsp3) is 0.125. The summed E-state index contributed by atoms with van der Waals surface area (Å²) >= 11 is 6.06. The molecule has 0 aliphatic rings. The average molecular weight is 355 g/mol. The first-order chi connectivity index (χ1) is 11.2. The van der Waals surface area contributed by atoms with Crippen molar-refractivity contribution < 1.29 is 22.4 Å². The molecule has 0 saturated heterocycles. The Kier molecular flexibility index (Phi) is 3.96. The standard InChI is InChI=1S/C16H10ClF3N2O2/c1-8-2-3-9(6-11(8)17)14-22-12-7-10(4-5-13(12)24-14)21-15(23)16(18,19)20/h2-7H,1H3,(H,21,23). The number of anilines is 1. The number of nitrogens with one attached hydrogen (secondary N) is 1. The zero-order valence-corrected chi connectivity index (χ0v) is 13.0. The van der Waals surface area contributed by atoms with Gasteiger partial charge in [0.25, 0.3) is 0 Å². The van der Waals surface area contributed by atoms with Crippen molar-refractivity contribution in [3.63, 3.8) is 0 Å². The molecule has 3 aromatic rings. The van der Waals surface area contributed by atoms with E-state index in [9.17, 15) is 18.0 Å². The van der Waals surface area contributed by atoms with Crippen LogP contribution < -0.4 is 5.32 Å². The van der Waals surface area contributed by atoms with E-state index >= 15 is 0 Å². The highest BCUT2D eigenvalue weighted by Crippen LogP contribution is 2.29. The highest BCUT2D eigenvalue weighted by Gasteiger charge is 2.38. The number of nitrogens with zero attached hydrogens (tertiary/aromatic N) is 1. The van der Waals surface area contributed by atoms with Crippen molar-refractivity contribution in [1.29, 1.82) is 0 Å². The zero-order chi connectivity index (χ0) is 17.5. The second kappa shape index (κ2) is 5.83. The lowest BCUT2D eigenvalue weighted by atomic mass is 10.1. The largest absolute Gasteiger partial charge is 0.471 e. The maximum atomic E-state index is 12.3. The van der Waals surface area contributed by atoms with E-state index in [4.69, 9.17) is 16.0 Å². The van der Waals surface area contributed by atoms with Gasteiger partial charge in [0.05, 0.1) is 0 Å². The number of amides is 1. The third-order valence-electron chi connectivity index (χ3n) is 3.32. The highest BCUT2D eigenvalue weighted by molar-refractivity contribution is 6.31. The summed E-state index contributed by atoms with van der Waals surface area (Å²) in [6, 6.07) is 9.33. The van der Waals surface area contributed by atoms with E-state index in [-0.39, 0.29) is 11.6 Å². The molecule has 1 amide bonds. The number of benzene rings is 2. The maximum Gasteiger partial charge on any atom is 0.471 e. The van der Waals surface area contributed by atoms with Crippen LogP contribution in [0.2, 0.25) is 5.02 Å². The Morgan fingerprint density at radius 1 is 1.21 bits per heavy atom. The monoisotopic (exact) mass is 354 g/mol. The van der Waals surface area contributed by atoms with Crippen molar-refractivity contribution in [3.8, 4) is 11.5 Å². The van der Waals surface area contributed by atoms with E-state index in [0.717, 1.165) is 5.56 Å². The number of hydrogen-bond donors (Lipinski definition) is 1. The van der Waals surface area contributed by atoms with Gasteiger partial charge in [0.15, 0.2) is 5.58 Å². The van der Waals surface area contributed by atoms with Crippen molar-refractivity contribution in [3.05, 3.63) is 47.0 Å². The quantitative estimate of drug-likeness (QED) is 0.707. The number of aromatic nitrogens is 1. The molecular formula is C16H10ClF3N2O2. The van der Waals surface area contributed by atoms with Crippen molar-refractivity contribution in [2.45, 2.75) is 13.1 Å². The molecule has 0 aliphatic heterocycles. The maximum absolute atomic E-state index is 12.3. The molecule has 8 heteroatoms. The summed E-state index contributed by atoms with van der Waals surface area (Å²) in [6.45, 7) is 1.85. The normalized spacial score (nSPS) is 11.7. The van der Waals surface area contributed by atoms with Crippen molar-refractivity contribution in [2.24, 2.45) is 0 Å². The molecule has 0 saturated carbocycles. The molecule has 0 aliphatic carbocycles. The summed E-state index contributed by atoms with van der Waals surface area (Å²) in [5.41, 5.74) is 2.22. The van der Waals surface area contributed by atoms with Crippen molar-refractivity contribution in [1.82, 2.24) is 4.98 Å². The minimum absolute atomic E-state index is 0.0217. The Morgan fingerprint density at radius 2 is 1.96 bits per heavy atom. The number of carbonyl (C=O) groups excluding carboxylic acids is 1. The number of carbonyl (C=O) groups is 1.